The summed E-state index contributed by atoms with van der Waals surface area (Å²) in [6, 6.07) is 15.5. The van der Waals surface area contributed by atoms with Gasteiger partial charge in [-0.3, -0.25) is 4.79 Å². The average Bonchev–Trinajstić information content (AvgIpc) is 3.14. The molecule has 3 rings (SSSR count). The summed E-state index contributed by atoms with van der Waals surface area (Å²) in [5, 5.41) is 7.75. The van der Waals surface area contributed by atoms with Crippen molar-refractivity contribution in [3.05, 3.63) is 70.9 Å². The minimum absolute atomic E-state index is 0.0909. The van der Waals surface area contributed by atoms with Gasteiger partial charge in [0.2, 0.25) is 5.91 Å². The highest BCUT2D eigenvalue weighted by Gasteiger charge is 2.21. The van der Waals surface area contributed by atoms with E-state index in [1.54, 1.807) is 7.11 Å². The molecule has 3 aromatic rings. The standard InChI is InChI=1S/C26H33N3O3/c1-18-7-10-22(15-19(18)2)32-14-13-29-24(17-23(28-29)26(3,4)5)27-25(30)16-20-8-11-21(31-6)12-9-20/h7-12,15,17H,13-14,16H2,1-6H3,(H,27,30). The molecule has 0 unspecified atom stereocenters. The Hall–Kier alpha value is -3.28. The van der Waals surface area contributed by atoms with E-state index in [-0.39, 0.29) is 17.7 Å². The van der Waals surface area contributed by atoms with E-state index < -0.39 is 0 Å². The highest BCUT2D eigenvalue weighted by atomic mass is 16.5. The molecule has 32 heavy (non-hydrogen) atoms. The van der Waals surface area contributed by atoms with Crippen molar-refractivity contribution in [2.75, 3.05) is 19.0 Å². The molecule has 1 N–H and O–H groups in total. The van der Waals surface area contributed by atoms with E-state index in [4.69, 9.17) is 14.6 Å². The smallest absolute Gasteiger partial charge is 0.229 e. The topological polar surface area (TPSA) is 65.4 Å². The van der Waals surface area contributed by atoms with Crippen LogP contribution in [0.15, 0.2) is 48.5 Å². The second kappa shape index (κ2) is 9.90. The average molecular weight is 436 g/mol. The molecule has 2 aromatic carbocycles. The molecule has 6 nitrogen and oxygen atoms in total. The van der Waals surface area contributed by atoms with Crippen LogP contribution in [0.1, 0.15) is 43.2 Å². The summed E-state index contributed by atoms with van der Waals surface area (Å²) in [7, 11) is 1.62. The molecule has 0 radical (unpaired) electrons. The van der Waals surface area contributed by atoms with Gasteiger partial charge in [0.15, 0.2) is 0 Å². The van der Waals surface area contributed by atoms with Gasteiger partial charge in [0.1, 0.15) is 23.9 Å². The fraction of sp³-hybridized carbons (Fsp3) is 0.385. The van der Waals surface area contributed by atoms with Crippen LogP contribution in [0.25, 0.3) is 0 Å². The molecule has 1 amide bonds. The first-order valence-corrected chi connectivity index (χ1v) is 10.9. The van der Waals surface area contributed by atoms with Gasteiger partial charge in [0, 0.05) is 11.5 Å². The number of nitrogens with zero attached hydrogens (tertiary/aromatic N) is 2. The maximum Gasteiger partial charge on any atom is 0.229 e. The van der Waals surface area contributed by atoms with Crippen LogP contribution in [-0.4, -0.2) is 29.4 Å². The molecule has 1 aromatic heterocycles. The molecule has 0 atom stereocenters. The van der Waals surface area contributed by atoms with Crippen LogP contribution in [0.4, 0.5) is 5.82 Å². The predicted molar refractivity (Wildman–Crippen MR) is 128 cm³/mol. The Labute approximate surface area is 190 Å². The highest BCUT2D eigenvalue weighted by molar-refractivity contribution is 5.91. The van der Waals surface area contributed by atoms with Crippen LogP contribution in [0.3, 0.4) is 0 Å². The van der Waals surface area contributed by atoms with Gasteiger partial charge in [0.25, 0.3) is 0 Å². The number of hydrogen-bond donors (Lipinski definition) is 1. The molecule has 0 aliphatic carbocycles. The summed E-state index contributed by atoms with van der Waals surface area (Å²) in [5.41, 5.74) is 4.14. The number of hydrogen-bond acceptors (Lipinski definition) is 4. The van der Waals surface area contributed by atoms with Crippen LogP contribution >= 0.6 is 0 Å². The minimum Gasteiger partial charge on any atom is -0.497 e. The van der Waals surface area contributed by atoms with Crippen molar-refractivity contribution in [1.29, 1.82) is 0 Å². The number of ether oxygens (including phenoxy) is 2. The number of aryl methyl sites for hydroxylation is 2. The van der Waals surface area contributed by atoms with Crippen LogP contribution in [0.5, 0.6) is 11.5 Å². The zero-order valence-electron chi connectivity index (χ0n) is 19.9. The summed E-state index contributed by atoms with van der Waals surface area (Å²) in [6.07, 6.45) is 0.277. The normalized spacial score (nSPS) is 11.3. The third kappa shape index (κ3) is 6.13. The molecule has 0 saturated heterocycles. The molecule has 1 heterocycles. The number of methoxy groups -OCH3 is 1. The van der Waals surface area contributed by atoms with E-state index in [2.05, 4.69) is 46.0 Å². The number of nitrogens with one attached hydrogen (secondary N) is 1. The Morgan fingerprint density at radius 1 is 1.00 bits per heavy atom. The van der Waals surface area contributed by atoms with Crippen molar-refractivity contribution >= 4 is 11.7 Å². The van der Waals surface area contributed by atoms with Gasteiger partial charge in [-0.15, -0.1) is 0 Å². The molecule has 0 aliphatic rings. The lowest BCUT2D eigenvalue weighted by atomic mass is 9.92. The summed E-state index contributed by atoms with van der Waals surface area (Å²) >= 11 is 0. The second-order valence-electron chi connectivity index (χ2n) is 9.06. The lowest BCUT2D eigenvalue weighted by molar-refractivity contribution is -0.115. The summed E-state index contributed by atoms with van der Waals surface area (Å²) in [4.78, 5) is 12.7. The van der Waals surface area contributed by atoms with Crippen molar-refractivity contribution in [3.63, 3.8) is 0 Å². The van der Waals surface area contributed by atoms with Crippen LogP contribution in [-0.2, 0) is 23.2 Å². The molecule has 0 spiro atoms. The van der Waals surface area contributed by atoms with Crippen LogP contribution in [0, 0.1) is 13.8 Å². The lowest BCUT2D eigenvalue weighted by Crippen LogP contribution is -2.19. The molecule has 0 bridgehead atoms. The Kier molecular flexibility index (Phi) is 7.23. The lowest BCUT2D eigenvalue weighted by Gasteiger charge is -2.14. The van der Waals surface area contributed by atoms with Gasteiger partial charge < -0.3 is 14.8 Å². The zero-order chi connectivity index (χ0) is 23.3. The van der Waals surface area contributed by atoms with E-state index in [1.165, 1.54) is 11.1 Å². The Morgan fingerprint density at radius 2 is 1.69 bits per heavy atom. The molecule has 0 fully saturated rings. The van der Waals surface area contributed by atoms with Crippen molar-refractivity contribution in [1.82, 2.24) is 9.78 Å². The van der Waals surface area contributed by atoms with Gasteiger partial charge in [-0.25, -0.2) is 4.68 Å². The number of rotatable bonds is 8. The van der Waals surface area contributed by atoms with Crippen molar-refractivity contribution < 1.29 is 14.3 Å². The fourth-order valence-electron chi connectivity index (χ4n) is 3.22. The number of anilines is 1. The zero-order valence-corrected chi connectivity index (χ0v) is 19.9. The first-order chi connectivity index (χ1) is 15.2. The monoisotopic (exact) mass is 435 g/mol. The number of aromatic nitrogens is 2. The quantitative estimate of drug-likeness (QED) is 0.537. The molecule has 0 saturated carbocycles. The molecular weight excluding hydrogens is 402 g/mol. The second-order valence-corrected chi connectivity index (χ2v) is 9.06. The van der Waals surface area contributed by atoms with E-state index in [1.807, 2.05) is 47.1 Å². The Morgan fingerprint density at radius 3 is 2.31 bits per heavy atom. The SMILES string of the molecule is COc1ccc(CC(=O)Nc2cc(C(C)(C)C)nn2CCOc2ccc(C)c(C)c2)cc1. The van der Waals surface area contributed by atoms with Crippen molar-refractivity contribution in [3.8, 4) is 11.5 Å². The molecule has 0 aliphatic heterocycles. The summed E-state index contributed by atoms with van der Waals surface area (Å²) in [5.74, 6) is 2.19. The highest BCUT2D eigenvalue weighted by Crippen LogP contribution is 2.24. The summed E-state index contributed by atoms with van der Waals surface area (Å²) < 4.78 is 12.9. The van der Waals surface area contributed by atoms with E-state index >= 15 is 0 Å². The van der Waals surface area contributed by atoms with Gasteiger partial charge in [-0.1, -0.05) is 39.0 Å². The van der Waals surface area contributed by atoms with E-state index in [9.17, 15) is 4.79 Å². The Bertz CT molecular complexity index is 1060. The molecule has 6 heteroatoms. The number of benzene rings is 2. The first-order valence-electron chi connectivity index (χ1n) is 10.9. The van der Waals surface area contributed by atoms with Crippen LogP contribution in [0.2, 0.25) is 0 Å². The minimum atomic E-state index is -0.129. The maximum absolute atomic E-state index is 12.7. The largest absolute Gasteiger partial charge is 0.497 e. The number of amides is 1. The number of carbonyl (C=O) groups excluding carboxylic acids is 1. The van der Waals surface area contributed by atoms with E-state index in [0.29, 0.717) is 19.0 Å². The van der Waals surface area contributed by atoms with Gasteiger partial charge in [0.05, 0.1) is 25.8 Å². The van der Waals surface area contributed by atoms with Gasteiger partial charge in [-0.2, -0.15) is 5.10 Å². The maximum atomic E-state index is 12.7. The van der Waals surface area contributed by atoms with Crippen LogP contribution < -0.4 is 14.8 Å². The number of carbonyl (C=O) groups is 1. The summed E-state index contributed by atoms with van der Waals surface area (Å²) in [6.45, 7) is 11.5. The third-order valence-corrected chi connectivity index (χ3v) is 5.39. The third-order valence-electron chi connectivity index (χ3n) is 5.39. The van der Waals surface area contributed by atoms with Gasteiger partial charge in [-0.05, 0) is 54.8 Å². The fourth-order valence-corrected chi connectivity index (χ4v) is 3.22. The van der Waals surface area contributed by atoms with E-state index in [0.717, 1.165) is 22.8 Å². The first kappa shape index (κ1) is 23.4. The van der Waals surface area contributed by atoms with Crippen molar-refractivity contribution in [2.24, 2.45) is 0 Å². The molecular formula is C26H33N3O3. The molecule has 170 valence electrons. The van der Waals surface area contributed by atoms with Crippen molar-refractivity contribution in [2.45, 2.75) is 53.0 Å². The van der Waals surface area contributed by atoms with Gasteiger partial charge >= 0.3 is 0 Å². The predicted octanol–water partition coefficient (Wildman–Crippen LogP) is 5.07. The Balaban J connectivity index is 1.68.